The minimum Gasteiger partial charge on any atom is -0.481 e. The van der Waals surface area contributed by atoms with E-state index in [1.165, 1.54) is 0 Å². The Kier molecular flexibility index (Phi) is 8.90. The van der Waals surface area contributed by atoms with Crippen molar-refractivity contribution in [3.63, 3.8) is 0 Å². The number of carbonyl (C=O) groups excluding carboxylic acids is 2. The summed E-state index contributed by atoms with van der Waals surface area (Å²) >= 11 is 0. The number of alkyl carbamates (subject to hydrolysis) is 1. The van der Waals surface area contributed by atoms with Crippen LogP contribution in [0.4, 0.5) is 4.79 Å². The highest BCUT2D eigenvalue weighted by atomic mass is 16.5. The second-order valence-corrected chi connectivity index (χ2v) is 9.51. The minimum atomic E-state index is -1.02. The summed E-state index contributed by atoms with van der Waals surface area (Å²) in [5.74, 6) is -1.26. The molecule has 0 spiro atoms. The summed E-state index contributed by atoms with van der Waals surface area (Å²) in [5.41, 5.74) is 3.58. The number of ether oxygens (including phenoxy) is 1. The van der Waals surface area contributed by atoms with E-state index in [1.807, 2.05) is 31.2 Å². The Balaban J connectivity index is 1.58. The Bertz CT molecular complexity index is 1010. The van der Waals surface area contributed by atoms with Crippen LogP contribution in [0.1, 0.15) is 69.9 Å². The smallest absolute Gasteiger partial charge is 0.407 e. The van der Waals surface area contributed by atoms with Gasteiger partial charge in [-0.1, -0.05) is 75.2 Å². The number of benzene rings is 2. The maximum atomic E-state index is 12.7. The summed E-state index contributed by atoms with van der Waals surface area (Å²) in [4.78, 5) is 36.7. The number of fused-ring (bicyclic) bond motifs is 3. The molecular weight excluding hydrogens is 444 g/mol. The third kappa shape index (κ3) is 6.41. The lowest BCUT2D eigenvalue weighted by atomic mass is 9.87. The Labute approximate surface area is 207 Å². The fraction of sp³-hybridized carbons (Fsp3) is 0.464. The molecule has 2 aromatic carbocycles. The normalized spacial score (nSPS) is 14.8. The second-order valence-electron chi connectivity index (χ2n) is 9.51. The molecule has 2 aromatic rings. The van der Waals surface area contributed by atoms with Crippen LogP contribution in [-0.4, -0.2) is 42.3 Å². The van der Waals surface area contributed by atoms with Crippen LogP contribution in [0.15, 0.2) is 48.5 Å². The number of carboxylic acid groups (broad SMARTS) is 1. The van der Waals surface area contributed by atoms with Crippen LogP contribution in [0.25, 0.3) is 11.1 Å². The topological polar surface area (TPSA) is 105 Å². The Morgan fingerprint density at radius 3 is 2.17 bits per heavy atom. The third-order valence-corrected chi connectivity index (χ3v) is 6.98. The molecule has 188 valence electrons. The number of carboxylic acids is 1. The molecule has 1 aliphatic carbocycles. The minimum absolute atomic E-state index is 0.0340. The van der Waals surface area contributed by atoms with Gasteiger partial charge < -0.3 is 20.5 Å². The van der Waals surface area contributed by atoms with Gasteiger partial charge in [0, 0.05) is 24.9 Å². The molecule has 0 saturated carbocycles. The van der Waals surface area contributed by atoms with Gasteiger partial charge in [0.1, 0.15) is 6.61 Å². The molecule has 0 aliphatic heterocycles. The maximum Gasteiger partial charge on any atom is 0.407 e. The van der Waals surface area contributed by atoms with Crippen LogP contribution >= 0.6 is 0 Å². The molecule has 1 unspecified atom stereocenters. The van der Waals surface area contributed by atoms with Crippen molar-refractivity contribution in [2.45, 2.75) is 64.8 Å². The number of carbonyl (C=O) groups is 3. The van der Waals surface area contributed by atoms with E-state index < -0.39 is 17.5 Å². The average Bonchev–Trinajstić information content (AvgIpc) is 3.18. The van der Waals surface area contributed by atoms with Crippen LogP contribution in [0.3, 0.4) is 0 Å². The highest BCUT2D eigenvalue weighted by Gasteiger charge is 2.32. The van der Waals surface area contributed by atoms with Gasteiger partial charge in [-0.3, -0.25) is 9.59 Å². The van der Waals surface area contributed by atoms with E-state index in [2.05, 4.69) is 34.9 Å². The maximum absolute atomic E-state index is 12.7. The van der Waals surface area contributed by atoms with Crippen LogP contribution in [0.5, 0.6) is 0 Å². The SMILES string of the molecule is CCCC[C@H](CC(=O)NCC(C)(CC)C(=O)O)NC(=O)OCC1c2ccccc2-c2ccccc21. The zero-order valence-electron chi connectivity index (χ0n) is 20.8. The first kappa shape index (κ1) is 26.3. The molecule has 3 rings (SSSR count). The van der Waals surface area contributed by atoms with E-state index >= 15 is 0 Å². The van der Waals surface area contributed by atoms with Crippen molar-refractivity contribution in [3.8, 4) is 11.1 Å². The number of aliphatic carboxylic acids is 1. The summed E-state index contributed by atoms with van der Waals surface area (Å²) in [6, 6.07) is 15.9. The highest BCUT2D eigenvalue weighted by Crippen LogP contribution is 2.44. The zero-order chi connectivity index (χ0) is 25.4. The van der Waals surface area contributed by atoms with Crippen LogP contribution in [-0.2, 0) is 14.3 Å². The quantitative estimate of drug-likeness (QED) is 0.392. The molecule has 7 heteroatoms. The van der Waals surface area contributed by atoms with Crippen LogP contribution < -0.4 is 10.6 Å². The molecule has 0 fully saturated rings. The molecule has 0 heterocycles. The molecule has 1 aliphatic rings. The second kappa shape index (κ2) is 11.9. The summed E-state index contributed by atoms with van der Waals surface area (Å²) in [7, 11) is 0. The van der Waals surface area contributed by atoms with E-state index in [-0.39, 0.29) is 37.4 Å². The molecule has 2 amide bonds. The lowest BCUT2D eigenvalue weighted by Gasteiger charge is -2.24. The molecule has 7 nitrogen and oxygen atoms in total. The fourth-order valence-corrected chi connectivity index (χ4v) is 4.42. The molecule has 0 bridgehead atoms. The van der Waals surface area contributed by atoms with E-state index in [0.29, 0.717) is 12.8 Å². The number of hydrogen-bond acceptors (Lipinski definition) is 4. The number of rotatable bonds is 12. The predicted octanol–water partition coefficient (Wildman–Crippen LogP) is 5.09. The molecule has 0 aromatic heterocycles. The Morgan fingerprint density at radius 2 is 1.63 bits per heavy atom. The van der Waals surface area contributed by atoms with E-state index in [1.54, 1.807) is 13.8 Å². The van der Waals surface area contributed by atoms with Gasteiger partial charge in [-0.05, 0) is 42.0 Å². The van der Waals surface area contributed by atoms with Crippen LogP contribution in [0, 0.1) is 5.41 Å². The summed E-state index contributed by atoms with van der Waals surface area (Å²) in [6.07, 6.45) is 2.34. The lowest BCUT2D eigenvalue weighted by Crippen LogP contribution is -2.44. The van der Waals surface area contributed by atoms with Crippen molar-refractivity contribution in [1.82, 2.24) is 10.6 Å². The van der Waals surface area contributed by atoms with Crippen molar-refractivity contribution in [3.05, 3.63) is 59.7 Å². The Morgan fingerprint density at radius 1 is 1.03 bits per heavy atom. The number of amides is 2. The van der Waals surface area contributed by atoms with Gasteiger partial charge in [0.25, 0.3) is 0 Å². The zero-order valence-corrected chi connectivity index (χ0v) is 20.8. The summed E-state index contributed by atoms with van der Waals surface area (Å²) in [5, 5.41) is 15.0. The van der Waals surface area contributed by atoms with E-state index in [9.17, 15) is 19.5 Å². The monoisotopic (exact) mass is 480 g/mol. The average molecular weight is 481 g/mol. The molecule has 0 saturated heterocycles. The summed E-state index contributed by atoms with van der Waals surface area (Å²) in [6.45, 7) is 5.69. The van der Waals surface area contributed by atoms with Gasteiger partial charge in [0.05, 0.1) is 5.41 Å². The molecular formula is C28H36N2O5. The van der Waals surface area contributed by atoms with Crippen molar-refractivity contribution >= 4 is 18.0 Å². The first-order chi connectivity index (χ1) is 16.8. The van der Waals surface area contributed by atoms with Gasteiger partial charge >= 0.3 is 12.1 Å². The molecule has 2 atom stereocenters. The Hall–Kier alpha value is -3.35. The van der Waals surface area contributed by atoms with Gasteiger partial charge in [-0.15, -0.1) is 0 Å². The van der Waals surface area contributed by atoms with Crippen LogP contribution in [0.2, 0.25) is 0 Å². The van der Waals surface area contributed by atoms with Gasteiger partial charge in [-0.25, -0.2) is 4.79 Å². The summed E-state index contributed by atoms with van der Waals surface area (Å²) < 4.78 is 5.64. The van der Waals surface area contributed by atoms with Crippen molar-refractivity contribution in [2.75, 3.05) is 13.2 Å². The standard InChI is InChI=1S/C28H36N2O5/c1-4-6-11-19(16-25(31)29-18-28(3,5-2)26(32)33)30-27(34)35-17-24-22-14-9-7-12-20(22)21-13-8-10-15-23(21)24/h7-10,12-15,19,24H,4-6,11,16-18H2,1-3H3,(H,29,31)(H,30,34)(H,32,33)/t19-,28?/m1/s1. The molecule has 3 N–H and O–H groups in total. The third-order valence-electron chi connectivity index (χ3n) is 6.98. The highest BCUT2D eigenvalue weighted by molar-refractivity contribution is 5.80. The van der Waals surface area contributed by atoms with Gasteiger partial charge in [-0.2, -0.15) is 0 Å². The lowest BCUT2D eigenvalue weighted by molar-refractivity contribution is -0.148. The number of hydrogen-bond donors (Lipinski definition) is 3. The van der Waals surface area contributed by atoms with Gasteiger partial charge in [0.2, 0.25) is 5.91 Å². The fourth-order valence-electron chi connectivity index (χ4n) is 4.42. The van der Waals surface area contributed by atoms with Crippen molar-refractivity contribution in [2.24, 2.45) is 5.41 Å². The first-order valence-electron chi connectivity index (χ1n) is 12.4. The van der Waals surface area contributed by atoms with Gasteiger partial charge in [0.15, 0.2) is 0 Å². The van der Waals surface area contributed by atoms with Crippen molar-refractivity contribution in [1.29, 1.82) is 0 Å². The predicted molar refractivity (Wildman–Crippen MR) is 135 cm³/mol. The first-order valence-corrected chi connectivity index (χ1v) is 12.4. The van der Waals surface area contributed by atoms with E-state index in [0.717, 1.165) is 35.1 Å². The number of nitrogens with one attached hydrogen (secondary N) is 2. The van der Waals surface area contributed by atoms with Crippen molar-refractivity contribution < 1.29 is 24.2 Å². The number of unbranched alkanes of at least 4 members (excludes halogenated alkanes) is 1. The molecule has 0 radical (unpaired) electrons. The molecule has 35 heavy (non-hydrogen) atoms. The largest absolute Gasteiger partial charge is 0.481 e. The van der Waals surface area contributed by atoms with E-state index in [4.69, 9.17) is 4.74 Å².